The van der Waals surface area contributed by atoms with Gasteiger partial charge in [-0.25, -0.2) is 0 Å². The van der Waals surface area contributed by atoms with E-state index in [4.69, 9.17) is 4.74 Å². The molecule has 6 heteroatoms. The van der Waals surface area contributed by atoms with Crippen molar-refractivity contribution < 1.29 is 24.5 Å². The molecule has 0 aliphatic rings. The van der Waals surface area contributed by atoms with Gasteiger partial charge in [-0.3, -0.25) is 9.59 Å². The summed E-state index contributed by atoms with van der Waals surface area (Å²) in [7, 11) is 0. The van der Waals surface area contributed by atoms with Crippen LogP contribution < -0.4 is 5.32 Å². The summed E-state index contributed by atoms with van der Waals surface area (Å²) in [6, 6.07) is -0.548. The number of carbonyl (C=O) groups is 2. The van der Waals surface area contributed by atoms with Crippen molar-refractivity contribution in [3.63, 3.8) is 0 Å². The smallest absolute Gasteiger partial charge is 0.305 e. The molecule has 0 aliphatic heterocycles. The average Bonchev–Trinajstić information content (AvgIpc) is 3.46. The van der Waals surface area contributed by atoms with Gasteiger partial charge in [-0.1, -0.05) is 352 Å². The van der Waals surface area contributed by atoms with Crippen molar-refractivity contribution in [1.82, 2.24) is 5.32 Å². The van der Waals surface area contributed by atoms with Crippen LogP contribution in [0.2, 0.25) is 0 Å². The summed E-state index contributed by atoms with van der Waals surface area (Å²) in [5.74, 6) is -0.0726. The van der Waals surface area contributed by atoms with E-state index in [0.29, 0.717) is 25.9 Å². The summed E-state index contributed by atoms with van der Waals surface area (Å²) < 4.78 is 5.44. The van der Waals surface area contributed by atoms with Gasteiger partial charge in [0.05, 0.1) is 25.4 Å². The van der Waals surface area contributed by atoms with Gasteiger partial charge < -0.3 is 20.3 Å². The standard InChI is InChI=1S/C74H141NO5/c1-3-5-7-9-11-13-15-17-19-21-23-24-25-26-28-31-34-38-42-46-50-54-58-62-66-72(77)71(70-76)75-73(78)67-63-59-55-51-47-43-39-35-32-29-27-30-33-37-41-45-49-53-57-61-65-69-80-74(79)68-64-60-56-52-48-44-40-36-22-20-18-16-14-12-10-8-6-4-2/h20,22,45,49,57,61,71-72,76-77H,3-19,21,23-44,46-48,50-56,58-60,62-70H2,1-2H3,(H,75,78)/b22-20-,49-45-,61-57-. The third-order valence-electron chi connectivity index (χ3n) is 16.9. The highest BCUT2D eigenvalue weighted by Gasteiger charge is 2.20. The minimum absolute atomic E-state index is 0.0355. The quantitative estimate of drug-likeness (QED) is 0.0320. The van der Waals surface area contributed by atoms with E-state index in [-0.39, 0.29) is 18.5 Å². The maximum Gasteiger partial charge on any atom is 0.305 e. The van der Waals surface area contributed by atoms with Crippen molar-refractivity contribution in [2.24, 2.45) is 0 Å². The van der Waals surface area contributed by atoms with E-state index in [2.05, 4.69) is 55.6 Å². The molecule has 6 nitrogen and oxygen atoms in total. The maximum absolute atomic E-state index is 12.6. The zero-order valence-electron chi connectivity index (χ0n) is 54.1. The molecule has 0 aliphatic carbocycles. The number of allylic oxidation sites excluding steroid dienone is 5. The Morgan fingerprint density at radius 2 is 0.625 bits per heavy atom. The van der Waals surface area contributed by atoms with Crippen LogP contribution in [0.15, 0.2) is 36.5 Å². The first-order valence-electron chi connectivity index (χ1n) is 36.2. The second kappa shape index (κ2) is 69.6. The molecule has 2 atom stereocenters. The fourth-order valence-corrected chi connectivity index (χ4v) is 11.4. The monoisotopic (exact) mass is 1120 g/mol. The predicted molar refractivity (Wildman–Crippen MR) is 352 cm³/mol. The van der Waals surface area contributed by atoms with E-state index >= 15 is 0 Å². The number of hydrogen-bond donors (Lipinski definition) is 3. The van der Waals surface area contributed by atoms with Gasteiger partial charge in [-0.05, 0) is 70.6 Å². The van der Waals surface area contributed by atoms with Gasteiger partial charge in [0.1, 0.15) is 0 Å². The second-order valence-corrected chi connectivity index (χ2v) is 24.9. The molecule has 3 N–H and O–H groups in total. The zero-order valence-corrected chi connectivity index (χ0v) is 54.1. The molecule has 0 bridgehead atoms. The summed E-state index contributed by atoms with van der Waals surface area (Å²) in [6.45, 7) is 4.88. The molecule has 0 fully saturated rings. The molecule has 2 unspecified atom stereocenters. The molecule has 0 aromatic carbocycles. The molecule has 0 heterocycles. The van der Waals surface area contributed by atoms with Crippen LogP contribution in [0.3, 0.4) is 0 Å². The van der Waals surface area contributed by atoms with Crippen molar-refractivity contribution in [3.8, 4) is 0 Å². The number of amides is 1. The zero-order chi connectivity index (χ0) is 57.8. The van der Waals surface area contributed by atoms with Crippen LogP contribution in [0, 0.1) is 0 Å². The lowest BCUT2D eigenvalue weighted by atomic mass is 10.0. The Morgan fingerprint density at radius 1 is 0.350 bits per heavy atom. The molecule has 472 valence electrons. The Morgan fingerprint density at radius 3 is 0.963 bits per heavy atom. The molecule has 0 spiro atoms. The van der Waals surface area contributed by atoms with Gasteiger partial charge in [-0.2, -0.15) is 0 Å². The second-order valence-electron chi connectivity index (χ2n) is 24.9. The molecular weight excluding hydrogens is 983 g/mol. The van der Waals surface area contributed by atoms with E-state index in [0.717, 1.165) is 51.4 Å². The van der Waals surface area contributed by atoms with Crippen LogP contribution in [0.4, 0.5) is 0 Å². The van der Waals surface area contributed by atoms with Crippen molar-refractivity contribution in [2.45, 2.75) is 411 Å². The number of ether oxygens (including phenoxy) is 1. The predicted octanol–water partition coefficient (Wildman–Crippen LogP) is 23.5. The van der Waals surface area contributed by atoms with E-state index in [1.165, 1.54) is 315 Å². The Kier molecular flexibility index (Phi) is 67.9. The molecule has 0 saturated carbocycles. The molecular formula is C74H141NO5. The topological polar surface area (TPSA) is 95.9 Å². The number of rotatable bonds is 68. The van der Waals surface area contributed by atoms with Gasteiger partial charge >= 0.3 is 5.97 Å². The van der Waals surface area contributed by atoms with Gasteiger partial charge in [0, 0.05) is 12.8 Å². The first-order chi connectivity index (χ1) is 39.5. The molecule has 0 aromatic rings. The number of hydrogen-bond acceptors (Lipinski definition) is 5. The van der Waals surface area contributed by atoms with Gasteiger partial charge in [0.25, 0.3) is 0 Å². The van der Waals surface area contributed by atoms with Gasteiger partial charge in [0.15, 0.2) is 0 Å². The fraction of sp³-hybridized carbons (Fsp3) is 0.892. The van der Waals surface area contributed by atoms with Crippen molar-refractivity contribution >= 4 is 11.9 Å². The first-order valence-corrected chi connectivity index (χ1v) is 36.2. The van der Waals surface area contributed by atoms with Crippen LogP contribution in [-0.4, -0.2) is 47.4 Å². The first kappa shape index (κ1) is 78.1. The molecule has 0 radical (unpaired) electrons. The highest BCUT2D eigenvalue weighted by atomic mass is 16.5. The van der Waals surface area contributed by atoms with Crippen molar-refractivity contribution in [1.29, 1.82) is 0 Å². The van der Waals surface area contributed by atoms with Gasteiger partial charge in [-0.15, -0.1) is 0 Å². The normalized spacial score (nSPS) is 12.7. The Bertz CT molecular complexity index is 1300. The van der Waals surface area contributed by atoms with Crippen LogP contribution in [0.1, 0.15) is 399 Å². The fourth-order valence-electron chi connectivity index (χ4n) is 11.4. The van der Waals surface area contributed by atoms with E-state index in [1.807, 2.05) is 0 Å². The van der Waals surface area contributed by atoms with Crippen LogP contribution in [0.5, 0.6) is 0 Å². The molecule has 80 heavy (non-hydrogen) atoms. The lowest BCUT2D eigenvalue weighted by Crippen LogP contribution is -2.45. The maximum atomic E-state index is 12.6. The summed E-state index contributed by atoms with van der Waals surface area (Å²) >= 11 is 0. The third kappa shape index (κ3) is 65.2. The largest absolute Gasteiger partial charge is 0.465 e. The minimum Gasteiger partial charge on any atom is -0.465 e. The minimum atomic E-state index is -0.670. The third-order valence-corrected chi connectivity index (χ3v) is 16.9. The number of unbranched alkanes of at least 4 members (excludes halogenated alkanes) is 51. The SMILES string of the molecule is CCCCCCCCC/C=C\CCCCCCCCCC(=O)OCC/C=C\C/C=C\CCCCCCCCCCCCCCCCC(=O)NC(CO)C(O)CCCCCCCCCCCCCCCCCCCCCCCCCC. The Hall–Kier alpha value is -1.92. The molecule has 0 aromatic heterocycles. The number of esters is 1. The van der Waals surface area contributed by atoms with Crippen molar-refractivity contribution in [3.05, 3.63) is 36.5 Å². The number of nitrogens with one attached hydrogen (secondary N) is 1. The number of aliphatic hydroxyl groups is 2. The summed E-state index contributed by atoms with van der Waals surface area (Å²) in [5, 5.41) is 23.4. The number of aliphatic hydroxyl groups excluding tert-OH is 2. The Labute approximate surface area is 500 Å². The van der Waals surface area contributed by atoms with E-state index in [1.54, 1.807) is 0 Å². The van der Waals surface area contributed by atoms with Gasteiger partial charge in [0.2, 0.25) is 5.91 Å². The highest BCUT2D eigenvalue weighted by Crippen LogP contribution is 2.19. The number of carbonyl (C=O) groups excluding carboxylic acids is 2. The summed E-state index contributed by atoms with van der Waals surface area (Å²) in [4.78, 5) is 24.6. The van der Waals surface area contributed by atoms with Crippen LogP contribution >= 0.6 is 0 Å². The van der Waals surface area contributed by atoms with Crippen LogP contribution in [-0.2, 0) is 14.3 Å². The average molecular weight is 1120 g/mol. The van der Waals surface area contributed by atoms with E-state index < -0.39 is 12.1 Å². The molecule has 1 amide bonds. The summed E-state index contributed by atoms with van der Waals surface area (Å²) in [6.07, 6.45) is 89.2. The lowest BCUT2D eigenvalue weighted by molar-refractivity contribution is -0.143. The van der Waals surface area contributed by atoms with Crippen molar-refractivity contribution in [2.75, 3.05) is 13.2 Å². The molecule has 0 rings (SSSR count). The Balaban J connectivity index is 3.44. The van der Waals surface area contributed by atoms with Crippen LogP contribution in [0.25, 0.3) is 0 Å². The molecule has 0 saturated heterocycles. The lowest BCUT2D eigenvalue weighted by Gasteiger charge is -2.22. The summed E-state index contributed by atoms with van der Waals surface area (Å²) in [5.41, 5.74) is 0. The van der Waals surface area contributed by atoms with E-state index in [9.17, 15) is 19.8 Å². The highest BCUT2D eigenvalue weighted by molar-refractivity contribution is 5.76.